The van der Waals surface area contributed by atoms with E-state index in [1.807, 2.05) is 0 Å². The molecule has 2 aromatic carbocycles. The molecule has 1 atom stereocenters. The summed E-state index contributed by atoms with van der Waals surface area (Å²) in [7, 11) is 4.50. The number of benzene rings is 2. The Bertz CT molecular complexity index is 816. The fourth-order valence-corrected chi connectivity index (χ4v) is 4.17. The zero-order valence-corrected chi connectivity index (χ0v) is 15.9. The molecule has 1 saturated heterocycles. The van der Waals surface area contributed by atoms with Crippen LogP contribution in [-0.2, 0) is 11.3 Å². The van der Waals surface area contributed by atoms with E-state index < -0.39 is 17.0 Å². The number of halogens is 2. The summed E-state index contributed by atoms with van der Waals surface area (Å²) in [4.78, 5) is 13.8. The highest BCUT2D eigenvalue weighted by Gasteiger charge is 2.35. The molecule has 0 aliphatic carbocycles. The molecule has 27 heavy (non-hydrogen) atoms. The second kappa shape index (κ2) is 8.04. The van der Waals surface area contributed by atoms with Gasteiger partial charge in [-0.2, -0.15) is 0 Å². The first kappa shape index (κ1) is 19.3. The Balaban J connectivity index is 1.99. The average molecular weight is 395 g/mol. The molecule has 2 aromatic rings. The van der Waals surface area contributed by atoms with Crippen molar-refractivity contribution in [3.8, 4) is 17.2 Å². The van der Waals surface area contributed by atoms with Crippen LogP contribution >= 0.6 is 11.8 Å². The van der Waals surface area contributed by atoms with Gasteiger partial charge in [-0.25, -0.2) is 8.78 Å². The summed E-state index contributed by atoms with van der Waals surface area (Å²) in [6.45, 7) is -0.161. The fraction of sp³-hybridized carbons (Fsp3) is 0.316. The molecule has 1 unspecified atom stereocenters. The van der Waals surface area contributed by atoms with Gasteiger partial charge in [-0.3, -0.25) is 4.79 Å². The lowest BCUT2D eigenvalue weighted by atomic mass is 10.1. The van der Waals surface area contributed by atoms with Crippen molar-refractivity contribution in [2.45, 2.75) is 11.9 Å². The number of carbonyl (C=O) groups excluding carboxylic acids is 1. The van der Waals surface area contributed by atoms with E-state index in [0.29, 0.717) is 17.2 Å². The van der Waals surface area contributed by atoms with Gasteiger partial charge in [0.1, 0.15) is 17.0 Å². The van der Waals surface area contributed by atoms with E-state index in [0.717, 1.165) is 5.56 Å². The SMILES string of the molecule is COc1cc(C2SCC(=O)N2Cc2c(F)cccc2F)cc(OC)c1OC. The van der Waals surface area contributed by atoms with Crippen LogP contribution in [0, 0.1) is 11.6 Å². The molecular weight excluding hydrogens is 376 g/mol. The number of hydrogen-bond acceptors (Lipinski definition) is 5. The van der Waals surface area contributed by atoms with Gasteiger partial charge in [0.2, 0.25) is 11.7 Å². The van der Waals surface area contributed by atoms with Gasteiger partial charge in [-0.15, -0.1) is 11.8 Å². The number of hydrogen-bond donors (Lipinski definition) is 0. The highest BCUT2D eigenvalue weighted by atomic mass is 32.2. The molecule has 3 rings (SSSR count). The molecule has 1 heterocycles. The number of rotatable bonds is 6. The van der Waals surface area contributed by atoms with E-state index >= 15 is 0 Å². The van der Waals surface area contributed by atoms with Crippen LogP contribution in [0.2, 0.25) is 0 Å². The second-order valence-electron chi connectivity index (χ2n) is 5.84. The van der Waals surface area contributed by atoms with Crippen molar-refractivity contribution in [2.24, 2.45) is 0 Å². The maximum atomic E-state index is 14.1. The molecule has 0 spiro atoms. The smallest absolute Gasteiger partial charge is 0.234 e. The first-order chi connectivity index (χ1) is 13.0. The second-order valence-corrected chi connectivity index (χ2v) is 6.91. The Hall–Kier alpha value is -2.48. The fourth-order valence-electron chi connectivity index (χ4n) is 3.00. The molecule has 0 saturated carbocycles. The highest BCUT2D eigenvalue weighted by molar-refractivity contribution is 8.00. The van der Waals surface area contributed by atoms with Crippen LogP contribution in [0.4, 0.5) is 8.78 Å². The quantitative estimate of drug-likeness (QED) is 0.745. The molecule has 0 aromatic heterocycles. The molecule has 0 N–H and O–H groups in total. The van der Waals surface area contributed by atoms with Crippen LogP contribution in [0.5, 0.6) is 17.2 Å². The van der Waals surface area contributed by atoms with Gasteiger partial charge in [-0.05, 0) is 29.8 Å². The van der Waals surface area contributed by atoms with Crippen molar-refractivity contribution in [2.75, 3.05) is 27.1 Å². The predicted octanol–water partition coefficient (Wildman–Crippen LogP) is 3.76. The van der Waals surface area contributed by atoms with Gasteiger partial charge in [0, 0.05) is 5.56 Å². The van der Waals surface area contributed by atoms with Crippen LogP contribution in [0.3, 0.4) is 0 Å². The lowest BCUT2D eigenvalue weighted by molar-refractivity contribution is -0.128. The largest absolute Gasteiger partial charge is 0.493 e. The van der Waals surface area contributed by atoms with E-state index in [1.54, 1.807) is 12.1 Å². The number of ether oxygens (including phenoxy) is 3. The Morgan fingerprint density at radius 2 is 1.67 bits per heavy atom. The maximum absolute atomic E-state index is 14.1. The summed E-state index contributed by atoms with van der Waals surface area (Å²) in [6.07, 6.45) is 0. The molecule has 5 nitrogen and oxygen atoms in total. The molecule has 1 aliphatic rings. The molecular formula is C19H19F2NO4S. The minimum absolute atomic E-state index is 0.134. The van der Waals surface area contributed by atoms with Gasteiger partial charge in [0.25, 0.3) is 0 Å². The summed E-state index contributed by atoms with van der Waals surface area (Å²) in [6, 6.07) is 7.14. The third kappa shape index (κ3) is 3.66. The third-order valence-electron chi connectivity index (χ3n) is 4.33. The zero-order chi connectivity index (χ0) is 19.6. The van der Waals surface area contributed by atoms with E-state index in [2.05, 4.69) is 0 Å². The van der Waals surface area contributed by atoms with Gasteiger partial charge in [0.05, 0.1) is 33.6 Å². The lowest BCUT2D eigenvalue weighted by Gasteiger charge is -2.26. The van der Waals surface area contributed by atoms with Crippen LogP contribution in [0.15, 0.2) is 30.3 Å². The topological polar surface area (TPSA) is 48.0 Å². The third-order valence-corrected chi connectivity index (χ3v) is 5.59. The first-order valence-corrected chi connectivity index (χ1v) is 9.18. The van der Waals surface area contributed by atoms with Crippen molar-refractivity contribution < 1.29 is 27.8 Å². The number of amides is 1. The molecule has 1 amide bonds. The predicted molar refractivity (Wildman–Crippen MR) is 98.2 cm³/mol. The van der Waals surface area contributed by atoms with Crippen LogP contribution in [0.1, 0.15) is 16.5 Å². The molecule has 1 fully saturated rings. The Morgan fingerprint density at radius 3 is 2.19 bits per heavy atom. The number of nitrogens with zero attached hydrogens (tertiary/aromatic N) is 1. The standard InChI is InChI=1S/C19H19F2NO4S/c1-24-15-7-11(8-16(25-2)18(15)26-3)19-22(17(23)10-27-19)9-12-13(20)5-4-6-14(12)21/h4-8,19H,9-10H2,1-3H3. The van der Waals surface area contributed by atoms with Crippen molar-refractivity contribution in [3.63, 3.8) is 0 Å². The van der Waals surface area contributed by atoms with E-state index in [4.69, 9.17) is 14.2 Å². The Kier molecular flexibility index (Phi) is 5.74. The summed E-state index contributed by atoms with van der Waals surface area (Å²) in [5.41, 5.74) is 0.586. The summed E-state index contributed by atoms with van der Waals surface area (Å²) >= 11 is 1.37. The highest BCUT2D eigenvalue weighted by Crippen LogP contribution is 2.46. The minimum atomic E-state index is -0.677. The van der Waals surface area contributed by atoms with Crippen molar-refractivity contribution in [1.29, 1.82) is 0 Å². The normalized spacial score (nSPS) is 16.6. The molecule has 1 aliphatic heterocycles. The van der Waals surface area contributed by atoms with Crippen molar-refractivity contribution >= 4 is 17.7 Å². The van der Waals surface area contributed by atoms with Gasteiger partial charge in [0.15, 0.2) is 11.5 Å². The Labute approximate surface area is 160 Å². The first-order valence-electron chi connectivity index (χ1n) is 8.14. The van der Waals surface area contributed by atoms with Gasteiger partial charge < -0.3 is 19.1 Å². The zero-order valence-electron chi connectivity index (χ0n) is 15.1. The molecule has 0 bridgehead atoms. The number of methoxy groups -OCH3 is 3. The summed E-state index contributed by atoms with van der Waals surface area (Å²) in [5.74, 6) is 0.00251. The van der Waals surface area contributed by atoms with E-state index in [9.17, 15) is 13.6 Å². The number of thioether (sulfide) groups is 1. The van der Waals surface area contributed by atoms with E-state index in [1.165, 1.54) is 56.2 Å². The lowest BCUT2D eigenvalue weighted by Crippen LogP contribution is -2.28. The van der Waals surface area contributed by atoms with E-state index in [-0.39, 0.29) is 23.8 Å². The maximum Gasteiger partial charge on any atom is 0.234 e. The summed E-state index contributed by atoms with van der Waals surface area (Å²) in [5, 5.41) is -0.426. The summed E-state index contributed by atoms with van der Waals surface area (Å²) < 4.78 is 44.1. The minimum Gasteiger partial charge on any atom is -0.493 e. The molecule has 144 valence electrons. The Morgan fingerprint density at radius 1 is 1.07 bits per heavy atom. The number of carbonyl (C=O) groups is 1. The van der Waals surface area contributed by atoms with Crippen LogP contribution < -0.4 is 14.2 Å². The van der Waals surface area contributed by atoms with Crippen molar-refractivity contribution in [1.82, 2.24) is 4.90 Å². The van der Waals surface area contributed by atoms with Crippen LogP contribution in [0.25, 0.3) is 0 Å². The molecule has 8 heteroatoms. The average Bonchev–Trinajstić information content (AvgIpc) is 3.03. The van der Waals surface area contributed by atoms with Gasteiger partial charge in [-0.1, -0.05) is 6.07 Å². The van der Waals surface area contributed by atoms with Crippen LogP contribution in [-0.4, -0.2) is 37.9 Å². The molecule has 0 radical (unpaired) electrons. The monoisotopic (exact) mass is 395 g/mol. The van der Waals surface area contributed by atoms with Crippen molar-refractivity contribution in [3.05, 3.63) is 53.1 Å². The van der Waals surface area contributed by atoms with Gasteiger partial charge >= 0.3 is 0 Å².